The van der Waals surface area contributed by atoms with Crippen LogP contribution in [0.25, 0.3) is 0 Å². The van der Waals surface area contributed by atoms with E-state index in [4.69, 9.17) is 10.5 Å². The van der Waals surface area contributed by atoms with E-state index in [1.165, 1.54) is 6.33 Å². The number of ether oxygens (including phenoxy) is 1. The molecular weight excluding hydrogens is 208 g/mol. The number of amides is 1. The summed E-state index contributed by atoms with van der Waals surface area (Å²) in [4.78, 5) is 18.9. The molecule has 0 saturated carbocycles. The molecule has 6 heteroatoms. The molecule has 1 heterocycles. The molecule has 0 fully saturated rings. The molecule has 0 aliphatic heterocycles. The minimum absolute atomic E-state index is 0.252. The Kier molecular flexibility index (Phi) is 3.65. The normalized spacial score (nSPS) is 10.9. The average molecular weight is 224 g/mol. The number of aromatic nitrogens is 2. The largest absolute Gasteiger partial charge is 0.444 e. The number of anilines is 1. The third-order valence-electron chi connectivity index (χ3n) is 1.64. The average Bonchev–Trinajstić information content (AvgIpc) is 2.14. The molecule has 1 rings (SSSR count). The van der Waals surface area contributed by atoms with Gasteiger partial charge in [-0.2, -0.15) is 0 Å². The van der Waals surface area contributed by atoms with Crippen LogP contribution in [0.3, 0.4) is 0 Å². The van der Waals surface area contributed by atoms with Gasteiger partial charge < -0.3 is 15.8 Å². The zero-order valence-corrected chi connectivity index (χ0v) is 9.65. The second-order valence-corrected chi connectivity index (χ2v) is 4.29. The Hall–Kier alpha value is -1.85. The van der Waals surface area contributed by atoms with E-state index in [-0.39, 0.29) is 6.54 Å². The summed E-state index contributed by atoms with van der Waals surface area (Å²) in [5, 5.41) is 2.58. The Bertz CT molecular complexity index is 373. The lowest BCUT2D eigenvalue weighted by molar-refractivity contribution is 0.0523. The number of carbonyl (C=O) groups excluding carboxylic acids is 1. The molecule has 0 aromatic carbocycles. The van der Waals surface area contributed by atoms with Crippen LogP contribution in [0.5, 0.6) is 0 Å². The van der Waals surface area contributed by atoms with Gasteiger partial charge >= 0.3 is 6.09 Å². The van der Waals surface area contributed by atoms with E-state index in [9.17, 15) is 4.79 Å². The van der Waals surface area contributed by atoms with Crippen molar-refractivity contribution < 1.29 is 9.53 Å². The third-order valence-corrected chi connectivity index (χ3v) is 1.64. The summed E-state index contributed by atoms with van der Waals surface area (Å²) < 4.78 is 5.07. The number of alkyl carbamates (subject to hydrolysis) is 1. The molecule has 6 nitrogen and oxygen atoms in total. The fourth-order valence-corrected chi connectivity index (χ4v) is 0.986. The molecule has 0 bridgehead atoms. The highest BCUT2D eigenvalue weighted by molar-refractivity contribution is 5.67. The van der Waals surface area contributed by atoms with Crippen molar-refractivity contribution >= 4 is 11.9 Å². The number of rotatable bonds is 2. The number of nitrogen functional groups attached to an aromatic ring is 1. The number of carbonyl (C=O) groups is 1. The third kappa shape index (κ3) is 4.12. The maximum Gasteiger partial charge on any atom is 0.407 e. The molecule has 0 saturated heterocycles. The summed E-state index contributed by atoms with van der Waals surface area (Å²) in [7, 11) is 0. The second kappa shape index (κ2) is 4.78. The van der Waals surface area contributed by atoms with Crippen molar-refractivity contribution in [3.8, 4) is 0 Å². The molecule has 0 aliphatic carbocycles. The van der Waals surface area contributed by atoms with Crippen molar-refractivity contribution in [1.29, 1.82) is 0 Å². The molecule has 0 aliphatic rings. The van der Waals surface area contributed by atoms with Crippen molar-refractivity contribution in [2.24, 2.45) is 0 Å². The van der Waals surface area contributed by atoms with Gasteiger partial charge in [-0.25, -0.2) is 14.8 Å². The fraction of sp³-hybridized carbons (Fsp3) is 0.500. The molecule has 1 aromatic heterocycles. The lowest BCUT2D eigenvalue weighted by atomic mass is 10.2. The van der Waals surface area contributed by atoms with Crippen LogP contribution in [0.4, 0.5) is 10.6 Å². The van der Waals surface area contributed by atoms with E-state index < -0.39 is 11.7 Å². The van der Waals surface area contributed by atoms with Crippen LogP contribution < -0.4 is 11.1 Å². The van der Waals surface area contributed by atoms with Gasteiger partial charge in [0.15, 0.2) is 0 Å². The number of nitrogens with two attached hydrogens (primary N) is 1. The van der Waals surface area contributed by atoms with Crippen molar-refractivity contribution in [3.63, 3.8) is 0 Å². The molecule has 0 atom stereocenters. The standard InChI is InChI=1S/C10H16N4O2/c1-10(2,3)16-9(15)13-5-7-4-12-6-14-8(7)11/h4,6H,5H2,1-3H3,(H,13,15)(H2,11,12,14). The molecule has 0 spiro atoms. The topological polar surface area (TPSA) is 90.1 Å². The maximum absolute atomic E-state index is 11.3. The highest BCUT2D eigenvalue weighted by Crippen LogP contribution is 2.08. The van der Waals surface area contributed by atoms with E-state index in [0.29, 0.717) is 11.4 Å². The zero-order valence-electron chi connectivity index (χ0n) is 9.65. The van der Waals surface area contributed by atoms with Crippen molar-refractivity contribution in [2.75, 3.05) is 5.73 Å². The molecule has 1 aromatic rings. The lowest BCUT2D eigenvalue weighted by Gasteiger charge is -2.19. The summed E-state index contributed by atoms with van der Waals surface area (Å²) in [6.45, 7) is 5.65. The summed E-state index contributed by atoms with van der Waals surface area (Å²) in [5.74, 6) is 0.353. The van der Waals surface area contributed by atoms with E-state index in [1.807, 2.05) is 0 Å². The molecule has 0 radical (unpaired) electrons. The van der Waals surface area contributed by atoms with Gasteiger partial charge in [-0.3, -0.25) is 0 Å². The van der Waals surface area contributed by atoms with E-state index in [2.05, 4.69) is 15.3 Å². The highest BCUT2D eigenvalue weighted by Gasteiger charge is 2.15. The number of nitrogens with zero attached hydrogens (tertiary/aromatic N) is 2. The monoisotopic (exact) mass is 224 g/mol. The number of hydrogen-bond donors (Lipinski definition) is 2. The van der Waals surface area contributed by atoms with Crippen molar-refractivity contribution in [2.45, 2.75) is 32.9 Å². The van der Waals surface area contributed by atoms with E-state index >= 15 is 0 Å². The summed E-state index contributed by atoms with van der Waals surface area (Å²) in [5.41, 5.74) is 5.74. The van der Waals surface area contributed by atoms with Crippen LogP contribution in [0.15, 0.2) is 12.5 Å². The summed E-state index contributed by atoms with van der Waals surface area (Å²) in [6.07, 6.45) is 2.42. The first kappa shape index (κ1) is 12.2. The molecule has 3 N–H and O–H groups in total. The minimum atomic E-state index is -0.511. The van der Waals surface area contributed by atoms with Crippen LogP contribution in [0.1, 0.15) is 26.3 Å². The van der Waals surface area contributed by atoms with Crippen LogP contribution in [0, 0.1) is 0 Å². The molecule has 16 heavy (non-hydrogen) atoms. The number of hydrogen-bond acceptors (Lipinski definition) is 5. The second-order valence-electron chi connectivity index (χ2n) is 4.29. The van der Waals surface area contributed by atoms with E-state index in [0.717, 1.165) is 0 Å². The van der Waals surface area contributed by atoms with Gasteiger partial charge in [-0.1, -0.05) is 0 Å². The Labute approximate surface area is 94.2 Å². The van der Waals surface area contributed by atoms with Gasteiger partial charge in [0.2, 0.25) is 0 Å². The number of nitrogens with one attached hydrogen (secondary N) is 1. The Morgan fingerprint density at radius 1 is 1.56 bits per heavy atom. The smallest absolute Gasteiger partial charge is 0.407 e. The van der Waals surface area contributed by atoms with Gasteiger partial charge in [-0.05, 0) is 20.8 Å². The van der Waals surface area contributed by atoms with Gasteiger partial charge in [-0.15, -0.1) is 0 Å². The SMILES string of the molecule is CC(C)(C)OC(=O)NCc1cncnc1N. The molecule has 0 unspecified atom stereocenters. The lowest BCUT2D eigenvalue weighted by Crippen LogP contribution is -2.32. The highest BCUT2D eigenvalue weighted by atomic mass is 16.6. The molecular formula is C10H16N4O2. The van der Waals surface area contributed by atoms with Crippen molar-refractivity contribution in [1.82, 2.24) is 15.3 Å². The van der Waals surface area contributed by atoms with Crippen LogP contribution in [-0.4, -0.2) is 21.7 Å². The predicted molar refractivity (Wildman–Crippen MR) is 59.5 cm³/mol. The van der Waals surface area contributed by atoms with Gasteiger partial charge in [0, 0.05) is 11.8 Å². The van der Waals surface area contributed by atoms with Gasteiger partial charge in [0.25, 0.3) is 0 Å². The van der Waals surface area contributed by atoms with Crippen LogP contribution >= 0.6 is 0 Å². The first-order valence-corrected chi connectivity index (χ1v) is 4.90. The summed E-state index contributed by atoms with van der Waals surface area (Å²) in [6, 6.07) is 0. The van der Waals surface area contributed by atoms with Crippen LogP contribution in [0.2, 0.25) is 0 Å². The van der Waals surface area contributed by atoms with Crippen LogP contribution in [-0.2, 0) is 11.3 Å². The van der Waals surface area contributed by atoms with Gasteiger partial charge in [0.05, 0.1) is 6.54 Å². The molecule has 88 valence electrons. The predicted octanol–water partition coefficient (Wildman–Crippen LogP) is 1.08. The fourth-order valence-electron chi connectivity index (χ4n) is 0.986. The quantitative estimate of drug-likeness (QED) is 0.784. The Morgan fingerprint density at radius 3 is 2.81 bits per heavy atom. The summed E-state index contributed by atoms with van der Waals surface area (Å²) >= 11 is 0. The first-order valence-electron chi connectivity index (χ1n) is 4.90. The molecule has 1 amide bonds. The minimum Gasteiger partial charge on any atom is -0.444 e. The van der Waals surface area contributed by atoms with Crippen molar-refractivity contribution in [3.05, 3.63) is 18.1 Å². The van der Waals surface area contributed by atoms with Gasteiger partial charge in [0.1, 0.15) is 17.7 Å². The Morgan fingerprint density at radius 2 is 2.25 bits per heavy atom. The maximum atomic E-state index is 11.3. The van der Waals surface area contributed by atoms with E-state index in [1.54, 1.807) is 27.0 Å². The Balaban J connectivity index is 2.47. The first-order chi connectivity index (χ1) is 7.38. The zero-order chi connectivity index (χ0) is 12.2.